The fourth-order valence-corrected chi connectivity index (χ4v) is 4.36. The maximum Gasteiger partial charge on any atom is 0.338 e. The molecule has 0 amide bonds. The van der Waals surface area contributed by atoms with E-state index in [0.29, 0.717) is 30.5 Å². The first-order valence-electron chi connectivity index (χ1n) is 11.4. The molecule has 2 aromatic carbocycles. The van der Waals surface area contributed by atoms with E-state index in [4.69, 9.17) is 4.74 Å². The molecule has 0 unspecified atom stereocenters. The number of hydrogen-bond acceptors (Lipinski definition) is 5. The molecule has 0 radical (unpaired) electrons. The summed E-state index contributed by atoms with van der Waals surface area (Å²) >= 11 is 0. The first-order valence-corrected chi connectivity index (χ1v) is 11.4. The highest BCUT2D eigenvalue weighted by Gasteiger charge is 2.22. The molecule has 6 heteroatoms. The molecule has 0 saturated carbocycles. The van der Waals surface area contributed by atoms with Gasteiger partial charge in [-0.3, -0.25) is 9.69 Å². The lowest BCUT2D eigenvalue weighted by molar-refractivity contribution is 0.0472. The van der Waals surface area contributed by atoms with Crippen molar-refractivity contribution in [3.8, 4) is 5.69 Å². The number of aliphatic hydroxyl groups is 1. The number of benzene rings is 2. The third kappa shape index (κ3) is 5.41. The monoisotopic (exact) mass is 446 g/mol. The van der Waals surface area contributed by atoms with Gasteiger partial charge in [0.15, 0.2) is 5.78 Å². The van der Waals surface area contributed by atoms with E-state index in [9.17, 15) is 14.7 Å². The summed E-state index contributed by atoms with van der Waals surface area (Å²) in [6.07, 6.45) is 1.18. The Balaban J connectivity index is 1.44. The molecule has 1 fully saturated rings. The maximum atomic E-state index is 13.0. The summed E-state index contributed by atoms with van der Waals surface area (Å²) < 4.78 is 7.44. The minimum atomic E-state index is -0.367. The first-order chi connectivity index (χ1) is 15.9. The normalized spacial score (nSPS) is 14.9. The standard InChI is InChI=1S/C27H30N2O4/c1-19-16-25(26(31)17-28-14-12-24(30)13-15-28)20(2)29(19)23-10-8-22(9-11-23)27(32)33-18-21-6-4-3-5-7-21/h3-11,16,24,30H,12-15,17-18H2,1-2H3. The van der Waals surface area contributed by atoms with E-state index in [1.165, 1.54) is 0 Å². The molecule has 33 heavy (non-hydrogen) atoms. The van der Waals surface area contributed by atoms with Crippen LogP contribution in [-0.4, -0.2) is 52.1 Å². The molecule has 3 aromatic rings. The number of Topliss-reactive ketones (excluding diaryl/α,β-unsaturated/α-hetero) is 1. The highest BCUT2D eigenvalue weighted by Crippen LogP contribution is 2.23. The highest BCUT2D eigenvalue weighted by molar-refractivity contribution is 5.99. The topological polar surface area (TPSA) is 71.8 Å². The maximum absolute atomic E-state index is 13.0. The zero-order valence-electron chi connectivity index (χ0n) is 19.2. The molecule has 1 aliphatic rings. The van der Waals surface area contributed by atoms with E-state index in [0.717, 1.165) is 35.7 Å². The van der Waals surface area contributed by atoms with Crippen LogP contribution in [0.25, 0.3) is 5.69 Å². The van der Waals surface area contributed by atoms with E-state index in [2.05, 4.69) is 4.90 Å². The third-order valence-corrected chi connectivity index (χ3v) is 6.23. The fourth-order valence-electron chi connectivity index (χ4n) is 4.36. The van der Waals surface area contributed by atoms with Crippen LogP contribution in [0.3, 0.4) is 0 Å². The highest BCUT2D eigenvalue weighted by atomic mass is 16.5. The van der Waals surface area contributed by atoms with Crippen LogP contribution < -0.4 is 0 Å². The lowest BCUT2D eigenvalue weighted by Gasteiger charge is -2.28. The third-order valence-electron chi connectivity index (χ3n) is 6.23. The molecule has 1 saturated heterocycles. The number of piperidine rings is 1. The summed E-state index contributed by atoms with van der Waals surface area (Å²) in [6, 6.07) is 18.8. The van der Waals surface area contributed by atoms with E-state index in [1.54, 1.807) is 12.1 Å². The van der Waals surface area contributed by atoms with Crippen LogP contribution in [0.4, 0.5) is 0 Å². The first kappa shape index (κ1) is 23.0. The van der Waals surface area contributed by atoms with Crippen molar-refractivity contribution >= 4 is 11.8 Å². The van der Waals surface area contributed by atoms with Gasteiger partial charge in [-0.05, 0) is 62.6 Å². The van der Waals surface area contributed by atoms with Gasteiger partial charge in [-0.25, -0.2) is 4.79 Å². The van der Waals surface area contributed by atoms with Crippen LogP contribution in [0.5, 0.6) is 0 Å². The Morgan fingerprint density at radius 3 is 2.33 bits per heavy atom. The SMILES string of the molecule is Cc1cc(C(=O)CN2CCC(O)CC2)c(C)n1-c1ccc(C(=O)OCc2ccccc2)cc1. The number of hydrogen-bond donors (Lipinski definition) is 1. The minimum Gasteiger partial charge on any atom is -0.457 e. The Labute approximate surface area is 194 Å². The van der Waals surface area contributed by atoms with Crippen LogP contribution in [0, 0.1) is 13.8 Å². The molecule has 2 heterocycles. The van der Waals surface area contributed by atoms with Crippen LogP contribution >= 0.6 is 0 Å². The molecule has 1 aromatic heterocycles. The molecular weight excluding hydrogens is 416 g/mol. The van der Waals surface area contributed by atoms with Gasteiger partial charge in [-0.2, -0.15) is 0 Å². The van der Waals surface area contributed by atoms with Crippen molar-refractivity contribution < 1.29 is 19.4 Å². The largest absolute Gasteiger partial charge is 0.457 e. The lowest BCUT2D eigenvalue weighted by Crippen LogP contribution is -2.39. The zero-order chi connectivity index (χ0) is 23.4. The molecule has 1 aliphatic heterocycles. The van der Waals surface area contributed by atoms with Gasteiger partial charge in [-0.1, -0.05) is 30.3 Å². The van der Waals surface area contributed by atoms with E-state index < -0.39 is 0 Å². The Morgan fingerprint density at radius 1 is 1.00 bits per heavy atom. The summed E-state index contributed by atoms with van der Waals surface area (Å²) in [5.74, 6) is -0.277. The Kier molecular flexibility index (Phi) is 7.06. The number of aryl methyl sites for hydroxylation is 1. The van der Waals surface area contributed by atoms with Gasteiger partial charge in [0.25, 0.3) is 0 Å². The quantitative estimate of drug-likeness (QED) is 0.437. The van der Waals surface area contributed by atoms with Crippen LogP contribution in [0.2, 0.25) is 0 Å². The zero-order valence-corrected chi connectivity index (χ0v) is 19.2. The number of ether oxygens (including phenoxy) is 1. The van der Waals surface area contributed by atoms with Crippen molar-refractivity contribution in [1.29, 1.82) is 0 Å². The van der Waals surface area contributed by atoms with Crippen molar-refractivity contribution in [2.24, 2.45) is 0 Å². The number of aliphatic hydroxyl groups excluding tert-OH is 1. The van der Waals surface area contributed by atoms with Crippen molar-refractivity contribution in [2.75, 3.05) is 19.6 Å². The average Bonchev–Trinajstić information content (AvgIpc) is 3.13. The number of nitrogens with zero attached hydrogens (tertiary/aromatic N) is 2. The Bertz CT molecular complexity index is 1110. The number of ketones is 1. The smallest absolute Gasteiger partial charge is 0.338 e. The van der Waals surface area contributed by atoms with E-state index in [-0.39, 0.29) is 24.5 Å². The van der Waals surface area contributed by atoms with Gasteiger partial charge in [0.05, 0.1) is 18.2 Å². The second-order valence-electron chi connectivity index (χ2n) is 8.66. The molecular formula is C27H30N2O4. The molecule has 0 atom stereocenters. The summed E-state index contributed by atoms with van der Waals surface area (Å²) in [4.78, 5) is 27.5. The van der Waals surface area contributed by atoms with Crippen molar-refractivity contribution in [3.05, 3.63) is 88.7 Å². The molecule has 0 bridgehead atoms. The fraction of sp³-hybridized carbons (Fsp3) is 0.333. The van der Waals surface area contributed by atoms with Crippen LogP contribution in [-0.2, 0) is 11.3 Å². The molecule has 1 N–H and O–H groups in total. The van der Waals surface area contributed by atoms with Crippen LogP contribution in [0.1, 0.15) is 50.5 Å². The predicted octanol–water partition coefficient (Wildman–Crippen LogP) is 4.09. The second-order valence-corrected chi connectivity index (χ2v) is 8.66. The summed E-state index contributed by atoms with van der Waals surface area (Å²) in [5, 5.41) is 9.68. The van der Waals surface area contributed by atoms with Crippen molar-refractivity contribution in [3.63, 3.8) is 0 Å². The van der Waals surface area contributed by atoms with Gasteiger partial charge in [0.2, 0.25) is 0 Å². The lowest BCUT2D eigenvalue weighted by atomic mass is 10.1. The Hall–Kier alpha value is -3.22. The summed E-state index contributed by atoms with van der Waals surface area (Å²) in [6.45, 7) is 6.01. The molecule has 6 nitrogen and oxygen atoms in total. The van der Waals surface area contributed by atoms with Gasteiger partial charge in [0, 0.05) is 35.7 Å². The van der Waals surface area contributed by atoms with Crippen molar-refractivity contribution in [2.45, 2.75) is 39.4 Å². The minimum absolute atomic E-state index is 0.0897. The van der Waals surface area contributed by atoms with Gasteiger partial charge in [0.1, 0.15) is 6.61 Å². The van der Waals surface area contributed by atoms with Gasteiger partial charge in [-0.15, -0.1) is 0 Å². The van der Waals surface area contributed by atoms with Crippen molar-refractivity contribution in [1.82, 2.24) is 9.47 Å². The average molecular weight is 447 g/mol. The molecule has 0 spiro atoms. The van der Waals surface area contributed by atoms with E-state index >= 15 is 0 Å². The second kappa shape index (κ2) is 10.1. The number of carbonyl (C=O) groups excluding carboxylic acids is 2. The molecule has 172 valence electrons. The van der Waals surface area contributed by atoms with Gasteiger partial charge >= 0.3 is 5.97 Å². The number of esters is 1. The molecule has 4 rings (SSSR count). The summed E-state index contributed by atoms with van der Waals surface area (Å²) in [5.41, 5.74) is 4.88. The summed E-state index contributed by atoms with van der Waals surface area (Å²) in [7, 11) is 0. The predicted molar refractivity (Wildman–Crippen MR) is 127 cm³/mol. The van der Waals surface area contributed by atoms with Crippen LogP contribution in [0.15, 0.2) is 60.7 Å². The molecule has 0 aliphatic carbocycles. The number of aromatic nitrogens is 1. The van der Waals surface area contributed by atoms with E-state index in [1.807, 2.05) is 66.9 Å². The van der Waals surface area contributed by atoms with Gasteiger partial charge < -0.3 is 14.4 Å². The number of likely N-dealkylation sites (tertiary alicyclic amines) is 1. The Morgan fingerprint density at radius 2 is 1.67 bits per heavy atom. The number of rotatable bonds is 7. The number of carbonyl (C=O) groups is 2.